The summed E-state index contributed by atoms with van der Waals surface area (Å²) in [6.45, 7) is 3.17. The molecule has 1 aliphatic rings. The summed E-state index contributed by atoms with van der Waals surface area (Å²) >= 11 is 0. The topological polar surface area (TPSA) is 34.0 Å². The summed E-state index contributed by atoms with van der Waals surface area (Å²) in [7, 11) is 0. The third-order valence-electron chi connectivity index (χ3n) is 2.91. The molecular weight excluding hydrogens is 188 g/mol. The lowest BCUT2D eigenvalue weighted by Gasteiger charge is -2.16. The molecule has 0 radical (unpaired) electrons. The van der Waals surface area contributed by atoms with Crippen molar-refractivity contribution in [2.75, 3.05) is 0 Å². The van der Waals surface area contributed by atoms with Gasteiger partial charge in [-0.15, -0.1) is 0 Å². The van der Waals surface area contributed by atoms with E-state index in [2.05, 4.69) is 41.1 Å². The zero-order valence-electron chi connectivity index (χ0n) is 8.58. The lowest BCUT2D eigenvalue weighted by Crippen LogP contribution is -2.33. The van der Waals surface area contributed by atoms with Gasteiger partial charge < -0.3 is 9.88 Å². The van der Waals surface area contributed by atoms with Gasteiger partial charge in [-0.05, 0) is 25.1 Å². The Hall–Kier alpha value is -1.77. The Morgan fingerprint density at radius 1 is 1.33 bits per heavy atom. The highest BCUT2D eigenvalue weighted by Crippen LogP contribution is 2.22. The Morgan fingerprint density at radius 3 is 3.07 bits per heavy atom. The van der Waals surface area contributed by atoms with Gasteiger partial charge in [0.15, 0.2) is 0 Å². The minimum Gasteiger partial charge on any atom is -0.349 e. The smallest absolute Gasteiger partial charge is 0.240 e. The Bertz CT molecular complexity index is 554. The molecular formula is C12H12N2O. The van der Waals surface area contributed by atoms with E-state index in [4.69, 9.17) is 0 Å². The van der Waals surface area contributed by atoms with Gasteiger partial charge in [0.1, 0.15) is 6.54 Å². The first-order valence-corrected chi connectivity index (χ1v) is 5.09. The molecule has 2 heterocycles. The van der Waals surface area contributed by atoms with Gasteiger partial charge in [0.05, 0.1) is 6.54 Å². The summed E-state index contributed by atoms with van der Waals surface area (Å²) in [5.74, 6) is 0.0978. The summed E-state index contributed by atoms with van der Waals surface area (Å²) in [5, 5.41) is 4.08. The molecule has 15 heavy (non-hydrogen) atoms. The number of hydrogen-bond donors (Lipinski definition) is 1. The highest BCUT2D eigenvalue weighted by molar-refractivity contribution is 5.86. The fraction of sp³-hybridized carbons (Fsp3) is 0.250. The van der Waals surface area contributed by atoms with Crippen molar-refractivity contribution in [2.24, 2.45) is 0 Å². The third-order valence-corrected chi connectivity index (χ3v) is 2.91. The lowest BCUT2D eigenvalue weighted by atomic mass is 10.2. The van der Waals surface area contributed by atoms with Crippen LogP contribution in [0.1, 0.15) is 11.3 Å². The van der Waals surface area contributed by atoms with E-state index in [-0.39, 0.29) is 5.91 Å². The number of benzene rings is 1. The number of fused-ring (bicyclic) bond motifs is 3. The maximum atomic E-state index is 11.3. The second-order valence-corrected chi connectivity index (χ2v) is 4.06. The van der Waals surface area contributed by atoms with E-state index in [1.165, 1.54) is 16.6 Å². The van der Waals surface area contributed by atoms with Crippen LogP contribution in [-0.2, 0) is 17.9 Å². The van der Waals surface area contributed by atoms with E-state index < -0.39 is 0 Å². The molecule has 1 aromatic heterocycles. The number of rotatable bonds is 0. The Morgan fingerprint density at radius 2 is 2.20 bits per heavy atom. The van der Waals surface area contributed by atoms with E-state index in [1.54, 1.807) is 0 Å². The van der Waals surface area contributed by atoms with Crippen molar-refractivity contribution in [3.8, 4) is 0 Å². The summed E-state index contributed by atoms with van der Waals surface area (Å²) < 4.78 is 2.09. The van der Waals surface area contributed by atoms with Crippen LogP contribution in [0.2, 0.25) is 0 Å². The van der Waals surface area contributed by atoms with Crippen molar-refractivity contribution in [1.82, 2.24) is 9.88 Å². The maximum Gasteiger partial charge on any atom is 0.240 e. The van der Waals surface area contributed by atoms with Gasteiger partial charge >= 0.3 is 0 Å². The molecule has 1 aromatic carbocycles. The normalized spacial score (nSPS) is 15.1. The number of amides is 1. The highest BCUT2D eigenvalue weighted by atomic mass is 16.2. The number of aromatic nitrogens is 1. The van der Waals surface area contributed by atoms with Crippen molar-refractivity contribution >= 4 is 16.8 Å². The van der Waals surface area contributed by atoms with Gasteiger partial charge in [-0.25, -0.2) is 0 Å². The van der Waals surface area contributed by atoms with Gasteiger partial charge in [-0.2, -0.15) is 0 Å². The molecule has 3 heteroatoms. The molecule has 0 spiro atoms. The number of nitrogens with zero attached hydrogens (tertiary/aromatic N) is 1. The monoisotopic (exact) mass is 200 g/mol. The van der Waals surface area contributed by atoms with Crippen LogP contribution in [0.4, 0.5) is 0 Å². The van der Waals surface area contributed by atoms with Gasteiger partial charge in [0, 0.05) is 16.6 Å². The van der Waals surface area contributed by atoms with Crippen LogP contribution in [0.5, 0.6) is 0 Å². The SMILES string of the molecule is Cc1ccc2c(c1)cc1n2CC(=O)NC1. The van der Waals surface area contributed by atoms with E-state index in [1.807, 2.05) is 0 Å². The predicted molar refractivity (Wildman–Crippen MR) is 58.5 cm³/mol. The second-order valence-electron chi connectivity index (χ2n) is 4.06. The number of nitrogens with one attached hydrogen (secondary N) is 1. The van der Waals surface area contributed by atoms with E-state index in [9.17, 15) is 4.79 Å². The molecule has 0 atom stereocenters. The van der Waals surface area contributed by atoms with Crippen LogP contribution >= 0.6 is 0 Å². The minimum atomic E-state index is 0.0978. The summed E-state index contributed by atoms with van der Waals surface area (Å²) in [4.78, 5) is 11.3. The zero-order valence-corrected chi connectivity index (χ0v) is 8.58. The van der Waals surface area contributed by atoms with E-state index in [0.29, 0.717) is 13.1 Å². The molecule has 0 fully saturated rings. The number of carbonyl (C=O) groups is 1. The molecule has 3 nitrogen and oxygen atoms in total. The van der Waals surface area contributed by atoms with Crippen LogP contribution in [0.3, 0.4) is 0 Å². The molecule has 0 unspecified atom stereocenters. The average molecular weight is 200 g/mol. The number of carbonyl (C=O) groups excluding carboxylic acids is 1. The zero-order chi connectivity index (χ0) is 10.4. The summed E-state index contributed by atoms with van der Waals surface area (Å²) in [5.41, 5.74) is 3.60. The van der Waals surface area contributed by atoms with Crippen LogP contribution in [0.25, 0.3) is 10.9 Å². The Kier molecular flexibility index (Phi) is 1.63. The van der Waals surface area contributed by atoms with E-state index in [0.717, 1.165) is 5.52 Å². The molecule has 76 valence electrons. The van der Waals surface area contributed by atoms with Crippen LogP contribution in [-0.4, -0.2) is 10.5 Å². The van der Waals surface area contributed by atoms with Gasteiger partial charge in [-0.1, -0.05) is 11.6 Å². The highest BCUT2D eigenvalue weighted by Gasteiger charge is 2.16. The van der Waals surface area contributed by atoms with Crippen molar-refractivity contribution in [3.05, 3.63) is 35.5 Å². The number of aryl methyl sites for hydroxylation is 1. The fourth-order valence-electron chi connectivity index (χ4n) is 2.17. The molecule has 1 aliphatic heterocycles. The fourth-order valence-corrected chi connectivity index (χ4v) is 2.17. The molecule has 3 rings (SSSR count). The van der Waals surface area contributed by atoms with Gasteiger partial charge in [0.25, 0.3) is 0 Å². The first-order valence-electron chi connectivity index (χ1n) is 5.09. The van der Waals surface area contributed by atoms with Crippen LogP contribution < -0.4 is 5.32 Å². The average Bonchev–Trinajstić information content (AvgIpc) is 2.54. The molecule has 1 amide bonds. The molecule has 0 aliphatic carbocycles. The maximum absolute atomic E-state index is 11.3. The van der Waals surface area contributed by atoms with Crippen molar-refractivity contribution in [2.45, 2.75) is 20.0 Å². The van der Waals surface area contributed by atoms with Crippen molar-refractivity contribution in [1.29, 1.82) is 0 Å². The van der Waals surface area contributed by atoms with Crippen LogP contribution in [0.15, 0.2) is 24.3 Å². The first kappa shape index (κ1) is 8.53. The second kappa shape index (κ2) is 2.86. The standard InChI is InChI=1S/C12H12N2O/c1-8-2-3-11-9(4-8)5-10-6-13-12(15)7-14(10)11/h2-5H,6-7H2,1H3,(H,13,15). The molecule has 0 saturated carbocycles. The third kappa shape index (κ3) is 1.23. The Labute approximate surface area is 87.7 Å². The molecule has 2 aromatic rings. The lowest BCUT2D eigenvalue weighted by molar-refractivity contribution is -0.122. The molecule has 0 bridgehead atoms. The first-order chi connectivity index (χ1) is 7.24. The minimum absolute atomic E-state index is 0.0978. The number of hydrogen-bond acceptors (Lipinski definition) is 1. The van der Waals surface area contributed by atoms with Gasteiger partial charge in [0.2, 0.25) is 5.91 Å². The summed E-state index contributed by atoms with van der Waals surface area (Å²) in [6, 6.07) is 8.49. The van der Waals surface area contributed by atoms with Crippen molar-refractivity contribution < 1.29 is 4.79 Å². The summed E-state index contributed by atoms with van der Waals surface area (Å²) in [6.07, 6.45) is 0. The van der Waals surface area contributed by atoms with Gasteiger partial charge in [-0.3, -0.25) is 4.79 Å². The predicted octanol–water partition coefficient (Wildman–Crippen LogP) is 1.58. The largest absolute Gasteiger partial charge is 0.349 e. The quantitative estimate of drug-likeness (QED) is 0.688. The van der Waals surface area contributed by atoms with E-state index >= 15 is 0 Å². The van der Waals surface area contributed by atoms with Crippen molar-refractivity contribution in [3.63, 3.8) is 0 Å². The molecule has 1 N–H and O–H groups in total. The van der Waals surface area contributed by atoms with Crippen LogP contribution in [0, 0.1) is 6.92 Å². The molecule has 0 saturated heterocycles. The Balaban J connectivity index is 2.28.